The SMILES string of the molecule is C=CC1CN(c2ccccn2)C2CC(C)(C)CC(=O)C12. The summed E-state index contributed by atoms with van der Waals surface area (Å²) in [5, 5.41) is 0. The average Bonchev–Trinajstić information content (AvgIpc) is 2.77. The zero-order chi connectivity index (χ0) is 14.3. The van der Waals surface area contributed by atoms with Gasteiger partial charge in [-0.1, -0.05) is 26.0 Å². The summed E-state index contributed by atoms with van der Waals surface area (Å²) in [6, 6.07) is 6.24. The van der Waals surface area contributed by atoms with Crippen LogP contribution in [0.25, 0.3) is 0 Å². The molecule has 3 heteroatoms. The van der Waals surface area contributed by atoms with Crippen molar-refractivity contribution in [3.63, 3.8) is 0 Å². The lowest BCUT2D eigenvalue weighted by Gasteiger charge is -2.40. The largest absolute Gasteiger partial charge is 0.352 e. The molecular weight excluding hydrogens is 248 g/mol. The average molecular weight is 270 g/mol. The lowest BCUT2D eigenvalue weighted by molar-refractivity contribution is -0.128. The van der Waals surface area contributed by atoms with Gasteiger partial charge in [0.25, 0.3) is 0 Å². The minimum absolute atomic E-state index is 0.0847. The molecule has 0 amide bonds. The van der Waals surface area contributed by atoms with Crippen molar-refractivity contribution in [1.29, 1.82) is 0 Å². The molecule has 106 valence electrons. The van der Waals surface area contributed by atoms with Gasteiger partial charge in [-0.3, -0.25) is 4.79 Å². The Morgan fingerprint density at radius 1 is 1.45 bits per heavy atom. The molecule has 1 aliphatic heterocycles. The highest BCUT2D eigenvalue weighted by Gasteiger charge is 2.50. The lowest BCUT2D eigenvalue weighted by Crippen LogP contribution is -2.45. The van der Waals surface area contributed by atoms with Crippen LogP contribution in [0.3, 0.4) is 0 Å². The van der Waals surface area contributed by atoms with Crippen molar-refractivity contribution in [3.05, 3.63) is 37.1 Å². The summed E-state index contributed by atoms with van der Waals surface area (Å²) < 4.78 is 0. The van der Waals surface area contributed by atoms with Gasteiger partial charge in [-0.2, -0.15) is 0 Å². The topological polar surface area (TPSA) is 33.2 Å². The molecule has 0 N–H and O–H groups in total. The summed E-state index contributed by atoms with van der Waals surface area (Å²) in [6.07, 6.45) is 5.51. The first-order chi connectivity index (χ1) is 9.52. The van der Waals surface area contributed by atoms with Crippen molar-refractivity contribution in [3.8, 4) is 0 Å². The monoisotopic (exact) mass is 270 g/mol. The van der Waals surface area contributed by atoms with Gasteiger partial charge in [0, 0.05) is 37.0 Å². The van der Waals surface area contributed by atoms with E-state index in [0.717, 1.165) is 18.8 Å². The highest BCUT2D eigenvalue weighted by molar-refractivity contribution is 5.85. The summed E-state index contributed by atoms with van der Waals surface area (Å²) >= 11 is 0. The molecule has 20 heavy (non-hydrogen) atoms. The molecule has 1 saturated heterocycles. The summed E-state index contributed by atoms with van der Waals surface area (Å²) in [4.78, 5) is 19.3. The number of ketones is 1. The van der Waals surface area contributed by atoms with E-state index in [1.165, 1.54) is 0 Å². The fourth-order valence-corrected chi connectivity index (χ4v) is 3.88. The highest BCUT2D eigenvalue weighted by Crippen LogP contribution is 2.46. The molecule has 0 spiro atoms. The Morgan fingerprint density at radius 2 is 2.25 bits per heavy atom. The van der Waals surface area contributed by atoms with Gasteiger partial charge in [0.1, 0.15) is 11.6 Å². The van der Waals surface area contributed by atoms with E-state index in [4.69, 9.17) is 0 Å². The van der Waals surface area contributed by atoms with Gasteiger partial charge in [0.15, 0.2) is 0 Å². The van der Waals surface area contributed by atoms with Crippen LogP contribution in [0.15, 0.2) is 37.1 Å². The third-order valence-corrected chi connectivity index (χ3v) is 4.72. The summed E-state index contributed by atoms with van der Waals surface area (Å²) in [5.74, 6) is 1.74. The molecule has 3 nitrogen and oxygen atoms in total. The van der Waals surface area contributed by atoms with Crippen LogP contribution in [0.5, 0.6) is 0 Å². The molecule has 1 saturated carbocycles. The number of rotatable bonds is 2. The number of fused-ring (bicyclic) bond motifs is 1. The molecule has 1 aliphatic carbocycles. The predicted octanol–water partition coefficient (Wildman–Crippen LogP) is 3.08. The fraction of sp³-hybridized carbons (Fsp3) is 0.529. The third-order valence-electron chi connectivity index (χ3n) is 4.72. The Bertz CT molecular complexity index is 523. The first-order valence-corrected chi connectivity index (χ1v) is 7.35. The second-order valence-corrected chi connectivity index (χ2v) is 6.84. The van der Waals surface area contributed by atoms with Crippen LogP contribution in [0.2, 0.25) is 0 Å². The van der Waals surface area contributed by atoms with Gasteiger partial charge in [-0.25, -0.2) is 4.98 Å². The van der Waals surface area contributed by atoms with Crippen LogP contribution in [-0.4, -0.2) is 23.4 Å². The highest BCUT2D eigenvalue weighted by atomic mass is 16.1. The van der Waals surface area contributed by atoms with Crippen LogP contribution < -0.4 is 4.90 Å². The molecule has 3 atom stereocenters. The quantitative estimate of drug-likeness (QED) is 0.774. The maximum atomic E-state index is 12.5. The summed E-state index contributed by atoms with van der Waals surface area (Å²) in [6.45, 7) is 9.18. The number of anilines is 1. The van der Waals surface area contributed by atoms with E-state index < -0.39 is 0 Å². The minimum atomic E-state index is 0.0847. The Hall–Kier alpha value is -1.64. The normalized spacial score (nSPS) is 32.0. The number of carbonyl (C=O) groups is 1. The second kappa shape index (κ2) is 4.72. The summed E-state index contributed by atoms with van der Waals surface area (Å²) in [5.41, 5.74) is 0.0847. The molecule has 0 aromatic carbocycles. The van der Waals surface area contributed by atoms with Crippen LogP contribution in [0.1, 0.15) is 26.7 Å². The molecule has 1 aromatic heterocycles. The van der Waals surface area contributed by atoms with Gasteiger partial charge in [-0.05, 0) is 24.0 Å². The Kier molecular flexibility index (Phi) is 3.15. The van der Waals surface area contributed by atoms with Crippen LogP contribution in [0, 0.1) is 17.3 Å². The predicted molar refractivity (Wildman–Crippen MR) is 80.6 cm³/mol. The van der Waals surface area contributed by atoms with Crippen molar-refractivity contribution < 1.29 is 4.79 Å². The van der Waals surface area contributed by atoms with Crippen LogP contribution in [0.4, 0.5) is 5.82 Å². The number of Topliss-reactive ketones (excluding diaryl/α,β-unsaturated/α-hetero) is 1. The Labute approximate surface area is 120 Å². The van der Waals surface area contributed by atoms with E-state index >= 15 is 0 Å². The maximum Gasteiger partial charge on any atom is 0.139 e. The van der Waals surface area contributed by atoms with E-state index in [0.29, 0.717) is 12.2 Å². The first-order valence-electron chi connectivity index (χ1n) is 7.35. The molecule has 0 bridgehead atoms. The van der Waals surface area contributed by atoms with E-state index in [1.807, 2.05) is 30.5 Å². The third kappa shape index (κ3) is 2.15. The molecule has 3 rings (SSSR count). The zero-order valence-corrected chi connectivity index (χ0v) is 12.2. The van der Waals surface area contributed by atoms with E-state index in [-0.39, 0.29) is 23.3 Å². The van der Waals surface area contributed by atoms with Gasteiger partial charge in [-0.15, -0.1) is 6.58 Å². The minimum Gasteiger partial charge on any atom is -0.352 e. The van der Waals surface area contributed by atoms with Gasteiger partial charge < -0.3 is 4.90 Å². The molecule has 2 aliphatic rings. The van der Waals surface area contributed by atoms with Crippen molar-refractivity contribution in [1.82, 2.24) is 4.98 Å². The fourth-order valence-electron chi connectivity index (χ4n) is 3.88. The van der Waals surface area contributed by atoms with E-state index in [1.54, 1.807) is 0 Å². The smallest absolute Gasteiger partial charge is 0.139 e. The number of nitrogens with zero attached hydrogens (tertiary/aromatic N) is 2. The van der Waals surface area contributed by atoms with Crippen LogP contribution >= 0.6 is 0 Å². The van der Waals surface area contributed by atoms with Crippen LogP contribution in [-0.2, 0) is 4.79 Å². The maximum absolute atomic E-state index is 12.5. The van der Waals surface area contributed by atoms with Crippen molar-refractivity contribution >= 4 is 11.6 Å². The molecule has 2 heterocycles. The molecular formula is C17H22N2O. The van der Waals surface area contributed by atoms with Crippen molar-refractivity contribution in [2.45, 2.75) is 32.7 Å². The number of carbonyl (C=O) groups excluding carboxylic acids is 1. The number of hydrogen-bond acceptors (Lipinski definition) is 3. The van der Waals surface area contributed by atoms with Crippen molar-refractivity contribution in [2.75, 3.05) is 11.4 Å². The Morgan fingerprint density at radius 3 is 2.90 bits per heavy atom. The number of hydrogen-bond donors (Lipinski definition) is 0. The number of aromatic nitrogens is 1. The lowest BCUT2D eigenvalue weighted by atomic mass is 9.68. The Balaban J connectivity index is 1.97. The summed E-state index contributed by atoms with van der Waals surface area (Å²) in [7, 11) is 0. The second-order valence-electron chi connectivity index (χ2n) is 6.84. The molecule has 3 unspecified atom stereocenters. The van der Waals surface area contributed by atoms with E-state index in [2.05, 4.69) is 30.3 Å². The van der Waals surface area contributed by atoms with E-state index in [9.17, 15) is 4.79 Å². The number of pyridine rings is 1. The standard InChI is InChI=1S/C17H22N2O/c1-4-12-11-19(15-7-5-6-8-18-15)13-9-17(2,3)10-14(20)16(12)13/h4-8,12-13,16H,1,9-11H2,2-3H3. The van der Waals surface area contributed by atoms with Crippen molar-refractivity contribution in [2.24, 2.45) is 17.3 Å². The molecule has 0 radical (unpaired) electrons. The van der Waals surface area contributed by atoms with Gasteiger partial charge in [0.05, 0.1) is 0 Å². The molecule has 2 fully saturated rings. The first kappa shape index (κ1) is 13.3. The molecule has 1 aromatic rings. The zero-order valence-electron chi connectivity index (χ0n) is 12.2. The van der Waals surface area contributed by atoms with Gasteiger partial charge in [0.2, 0.25) is 0 Å². The van der Waals surface area contributed by atoms with Gasteiger partial charge >= 0.3 is 0 Å².